The van der Waals surface area contributed by atoms with Crippen LogP contribution in [0.2, 0.25) is 0 Å². The number of nitrogens with one attached hydrogen (secondary N) is 1. The molecule has 0 aromatic carbocycles. The maximum Gasteiger partial charge on any atom is 0.323 e. The van der Waals surface area contributed by atoms with E-state index in [9.17, 15) is 14.4 Å². The number of rotatable bonds is 6. The van der Waals surface area contributed by atoms with Crippen molar-refractivity contribution >= 4 is 17.9 Å². The summed E-state index contributed by atoms with van der Waals surface area (Å²) < 4.78 is 4.82. The van der Waals surface area contributed by atoms with E-state index < -0.39 is 24.6 Å². The summed E-state index contributed by atoms with van der Waals surface area (Å²) in [5.41, 5.74) is 0. The summed E-state index contributed by atoms with van der Waals surface area (Å²) >= 11 is 0. The molecule has 1 unspecified atom stereocenters. The van der Waals surface area contributed by atoms with Crippen molar-refractivity contribution in [2.24, 2.45) is 0 Å². The van der Waals surface area contributed by atoms with Crippen LogP contribution in [0, 0.1) is 0 Å². The van der Waals surface area contributed by atoms with Crippen molar-refractivity contribution in [1.29, 1.82) is 0 Å². The molecule has 0 spiro atoms. The lowest BCUT2D eigenvalue weighted by atomic mass is 10.2. The molecular weight excluding hydrogens is 254 g/mol. The van der Waals surface area contributed by atoms with Gasteiger partial charge in [-0.2, -0.15) is 0 Å². The third-order valence-corrected chi connectivity index (χ3v) is 2.90. The predicted octanol–water partition coefficient (Wildman–Crippen LogP) is -1.04. The molecule has 1 atom stereocenters. The Bertz CT molecular complexity index is 360. The van der Waals surface area contributed by atoms with Gasteiger partial charge in [-0.3, -0.25) is 9.59 Å². The Hall–Kier alpha value is -1.83. The van der Waals surface area contributed by atoms with Gasteiger partial charge in [0.25, 0.3) is 0 Å². The van der Waals surface area contributed by atoms with Gasteiger partial charge >= 0.3 is 12.0 Å². The number of hydrogen-bond acceptors (Lipinski definition) is 4. The van der Waals surface area contributed by atoms with Gasteiger partial charge in [-0.1, -0.05) is 0 Å². The second-order valence-electron chi connectivity index (χ2n) is 4.36. The van der Waals surface area contributed by atoms with Crippen LogP contribution < -0.4 is 5.32 Å². The summed E-state index contributed by atoms with van der Waals surface area (Å²) in [7, 11) is 3.13. The van der Waals surface area contributed by atoms with Crippen LogP contribution in [0.25, 0.3) is 0 Å². The highest BCUT2D eigenvalue weighted by Gasteiger charge is 2.31. The van der Waals surface area contributed by atoms with Gasteiger partial charge in [-0.15, -0.1) is 0 Å². The molecule has 0 aliphatic carbocycles. The monoisotopic (exact) mass is 273 g/mol. The molecule has 0 aromatic heterocycles. The van der Waals surface area contributed by atoms with Crippen molar-refractivity contribution < 1.29 is 24.2 Å². The number of carboxylic acids is 1. The molecular formula is C11H19N3O5. The maximum atomic E-state index is 11.9. The Labute approximate surface area is 111 Å². The van der Waals surface area contributed by atoms with Crippen LogP contribution in [0.5, 0.6) is 0 Å². The van der Waals surface area contributed by atoms with Crippen LogP contribution in [-0.4, -0.2) is 79.3 Å². The van der Waals surface area contributed by atoms with Gasteiger partial charge in [-0.25, -0.2) is 4.79 Å². The number of aliphatic carboxylic acids is 1. The van der Waals surface area contributed by atoms with Crippen LogP contribution in [0.4, 0.5) is 4.79 Å². The normalized spacial score (nSPS) is 18.5. The van der Waals surface area contributed by atoms with E-state index in [4.69, 9.17) is 9.84 Å². The van der Waals surface area contributed by atoms with E-state index in [1.165, 1.54) is 12.0 Å². The van der Waals surface area contributed by atoms with E-state index in [0.717, 1.165) is 4.90 Å². The zero-order valence-electron chi connectivity index (χ0n) is 11.1. The second-order valence-corrected chi connectivity index (χ2v) is 4.36. The van der Waals surface area contributed by atoms with Gasteiger partial charge in [0.15, 0.2) is 0 Å². The van der Waals surface area contributed by atoms with Gasteiger partial charge < -0.3 is 25.0 Å². The fraction of sp³-hybridized carbons (Fsp3) is 0.727. The molecule has 1 heterocycles. The van der Waals surface area contributed by atoms with Gasteiger partial charge in [0, 0.05) is 27.2 Å². The largest absolute Gasteiger partial charge is 0.480 e. The molecule has 1 saturated heterocycles. The highest BCUT2D eigenvalue weighted by atomic mass is 16.5. The lowest BCUT2D eigenvalue weighted by molar-refractivity contribution is -0.137. The molecule has 1 rings (SSSR count). The summed E-state index contributed by atoms with van der Waals surface area (Å²) in [5, 5.41) is 11.3. The Morgan fingerprint density at radius 1 is 1.58 bits per heavy atom. The van der Waals surface area contributed by atoms with Crippen LogP contribution in [0.15, 0.2) is 0 Å². The number of amides is 3. The highest BCUT2D eigenvalue weighted by Crippen LogP contribution is 2.08. The number of nitrogens with zero attached hydrogens (tertiary/aromatic N) is 2. The minimum atomic E-state index is -1.11. The van der Waals surface area contributed by atoms with Gasteiger partial charge in [0.1, 0.15) is 12.6 Å². The van der Waals surface area contributed by atoms with Gasteiger partial charge in [-0.05, 0) is 6.42 Å². The van der Waals surface area contributed by atoms with Crippen molar-refractivity contribution in [2.75, 3.05) is 40.4 Å². The summed E-state index contributed by atoms with van der Waals surface area (Å²) in [4.78, 5) is 36.9. The van der Waals surface area contributed by atoms with E-state index in [2.05, 4.69) is 5.32 Å². The third kappa shape index (κ3) is 4.40. The summed E-state index contributed by atoms with van der Waals surface area (Å²) in [6.07, 6.45) is 0.534. The van der Waals surface area contributed by atoms with E-state index >= 15 is 0 Å². The zero-order valence-corrected chi connectivity index (χ0v) is 11.1. The zero-order chi connectivity index (χ0) is 14.4. The number of likely N-dealkylation sites (tertiary alicyclic amines) is 1. The molecule has 1 fully saturated rings. The smallest absolute Gasteiger partial charge is 0.323 e. The number of methoxy groups -OCH3 is 1. The molecule has 0 bridgehead atoms. The second kappa shape index (κ2) is 6.93. The molecule has 8 heteroatoms. The average Bonchev–Trinajstić information content (AvgIpc) is 2.66. The Morgan fingerprint density at radius 3 is 2.74 bits per heavy atom. The highest BCUT2D eigenvalue weighted by molar-refractivity contribution is 5.89. The minimum Gasteiger partial charge on any atom is -0.480 e. The van der Waals surface area contributed by atoms with Crippen LogP contribution in [0.1, 0.15) is 6.42 Å². The summed E-state index contributed by atoms with van der Waals surface area (Å²) in [6, 6.07) is -1.13. The van der Waals surface area contributed by atoms with E-state index in [0.29, 0.717) is 13.0 Å². The first-order chi connectivity index (χ1) is 8.95. The molecule has 1 aliphatic heterocycles. The van der Waals surface area contributed by atoms with Crippen molar-refractivity contribution in [1.82, 2.24) is 15.1 Å². The topological polar surface area (TPSA) is 99.2 Å². The molecule has 19 heavy (non-hydrogen) atoms. The van der Waals surface area contributed by atoms with Gasteiger partial charge in [0.2, 0.25) is 5.91 Å². The Balaban J connectivity index is 2.55. The first kappa shape index (κ1) is 15.2. The number of urea groups is 1. The lowest BCUT2D eigenvalue weighted by Gasteiger charge is -2.22. The van der Waals surface area contributed by atoms with Crippen molar-refractivity contribution in [2.45, 2.75) is 12.5 Å². The SMILES string of the molecule is COCCN(CC(=O)O)C(=O)NC1CCN(C)C1=O. The molecule has 2 N–H and O–H groups in total. The van der Waals surface area contributed by atoms with E-state index in [1.807, 2.05) is 0 Å². The van der Waals surface area contributed by atoms with Crippen LogP contribution in [-0.2, 0) is 14.3 Å². The average molecular weight is 273 g/mol. The number of ether oxygens (including phenoxy) is 1. The first-order valence-electron chi connectivity index (χ1n) is 5.97. The van der Waals surface area contributed by atoms with Crippen molar-refractivity contribution in [3.05, 3.63) is 0 Å². The standard InChI is InChI=1S/C11H19N3O5/c1-13-4-3-8(10(13)17)12-11(18)14(5-6-19-2)7-9(15)16/h8H,3-7H2,1-2H3,(H,12,18)(H,15,16). The number of carbonyl (C=O) groups excluding carboxylic acids is 2. The minimum absolute atomic E-state index is 0.157. The summed E-state index contributed by atoms with van der Waals surface area (Å²) in [5.74, 6) is -1.27. The van der Waals surface area contributed by atoms with Crippen molar-refractivity contribution in [3.63, 3.8) is 0 Å². The maximum absolute atomic E-state index is 11.9. The first-order valence-corrected chi connectivity index (χ1v) is 5.97. The molecule has 0 saturated carbocycles. The quantitative estimate of drug-likeness (QED) is 0.644. The summed E-state index contributed by atoms with van der Waals surface area (Å²) in [6.45, 7) is 0.553. The Kier molecular flexibility index (Phi) is 5.56. The molecule has 108 valence electrons. The number of hydrogen-bond donors (Lipinski definition) is 2. The lowest BCUT2D eigenvalue weighted by Crippen LogP contribution is -2.49. The Morgan fingerprint density at radius 2 is 2.26 bits per heavy atom. The molecule has 0 aromatic rings. The van der Waals surface area contributed by atoms with E-state index in [1.54, 1.807) is 7.05 Å². The molecule has 1 aliphatic rings. The third-order valence-electron chi connectivity index (χ3n) is 2.90. The van der Waals surface area contributed by atoms with Gasteiger partial charge in [0.05, 0.1) is 6.61 Å². The number of likely N-dealkylation sites (N-methyl/N-ethyl adjacent to an activating group) is 1. The molecule has 8 nitrogen and oxygen atoms in total. The molecule has 3 amide bonds. The predicted molar refractivity (Wildman–Crippen MR) is 65.7 cm³/mol. The molecule has 0 radical (unpaired) electrons. The van der Waals surface area contributed by atoms with E-state index in [-0.39, 0.29) is 19.1 Å². The van der Waals surface area contributed by atoms with Crippen LogP contribution >= 0.6 is 0 Å². The van der Waals surface area contributed by atoms with Crippen LogP contribution in [0.3, 0.4) is 0 Å². The fourth-order valence-corrected chi connectivity index (χ4v) is 1.81. The number of carboxylic acid groups (broad SMARTS) is 1. The van der Waals surface area contributed by atoms with Crippen molar-refractivity contribution in [3.8, 4) is 0 Å². The number of carbonyl (C=O) groups is 3. The fourth-order valence-electron chi connectivity index (χ4n) is 1.81.